The van der Waals surface area contributed by atoms with Crippen molar-refractivity contribution in [2.75, 3.05) is 5.73 Å². The molecular formula is C8H7ClN2O. The van der Waals surface area contributed by atoms with Crippen molar-refractivity contribution in [2.45, 2.75) is 5.88 Å². The number of hydrogen-bond acceptors (Lipinski definition) is 3. The Kier molecular flexibility index (Phi) is 1.66. The summed E-state index contributed by atoms with van der Waals surface area (Å²) in [7, 11) is 0. The highest BCUT2D eigenvalue weighted by atomic mass is 35.5. The van der Waals surface area contributed by atoms with Crippen molar-refractivity contribution in [2.24, 2.45) is 0 Å². The number of anilines is 1. The number of nitrogens with zero attached hydrogens (tertiary/aromatic N) is 1. The Balaban J connectivity index is 2.74. The van der Waals surface area contributed by atoms with Crippen LogP contribution < -0.4 is 5.73 Å². The predicted molar refractivity (Wildman–Crippen MR) is 48.0 cm³/mol. The number of oxazole rings is 1. The summed E-state index contributed by atoms with van der Waals surface area (Å²) >= 11 is 5.55. The van der Waals surface area contributed by atoms with E-state index >= 15 is 0 Å². The second kappa shape index (κ2) is 2.68. The molecule has 2 aromatic rings. The van der Waals surface area contributed by atoms with Gasteiger partial charge in [-0.2, -0.15) is 0 Å². The largest absolute Gasteiger partial charge is 0.437 e. The van der Waals surface area contributed by atoms with Gasteiger partial charge in [-0.05, 0) is 12.1 Å². The predicted octanol–water partition coefficient (Wildman–Crippen LogP) is 2.15. The van der Waals surface area contributed by atoms with Crippen molar-refractivity contribution in [3.63, 3.8) is 0 Å². The second-order valence-corrected chi connectivity index (χ2v) is 2.70. The molecule has 2 N–H and O–H groups in total. The minimum atomic E-state index is 0.272. The maximum absolute atomic E-state index is 5.65. The standard InChI is InChI=1S/C8H7ClN2O/c9-4-7-11-6-3-1-2-5(10)8(6)12-7/h1-3H,4,10H2. The van der Waals surface area contributed by atoms with Crippen LogP contribution in [0.15, 0.2) is 22.6 Å². The zero-order valence-electron chi connectivity index (χ0n) is 6.25. The van der Waals surface area contributed by atoms with Crippen LogP contribution in [0.25, 0.3) is 11.1 Å². The van der Waals surface area contributed by atoms with Gasteiger partial charge >= 0.3 is 0 Å². The molecule has 4 heteroatoms. The molecule has 2 rings (SSSR count). The van der Waals surface area contributed by atoms with Gasteiger partial charge in [0.15, 0.2) is 5.58 Å². The summed E-state index contributed by atoms with van der Waals surface area (Å²) < 4.78 is 5.28. The van der Waals surface area contributed by atoms with E-state index in [0.29, 0.717) is 17.2 Å². The van der Waals surface area contributed by atoms with Gasteiger partial charge in [-0.1, -0.05) is 6.07 Å². The van der Waals surface area contributed by atoms with Crippen LogP contribution in [0.5, 0.6) is 0 Å². The second-order valence-electron chi connectivity index (χ2n) is 2.44. The molecule has 1 heterocycles. The maximum Gasteiger partial charge on any atom is 0.210 e. The van der Waals surface area contributed by atoms with Crippen LogP contribution in [0, 0.1) is 0 Å². The molecule has 62 valence electrons. The Hall–Kier alpha value is -1.22. The number of aromatic nitrogens is 1. The Morgan fingerprint density at radius 2 is 2.33 bits per heavy atom. The van der Waals surface area contributed by atoms with E-state index in [1.807, 2.05) is 12.1 Å². The summed E-state index contributed by atoms with van der Waals surface area (Å²) in [4.78, 5) is 4.11. The molecule has 0 bridgehead atoms. The van der Waals surface area contributed by atoms with E-state index in [0.717, 1.165) is 5.52 Å². The molecule has 1 aromatic heterocycles. The molecule has 0 aliphatic heterocycles. The molecule has 3 nitrogen and oxygen atoms in total. The number of alkyl halides is 1. The Morgan fingerprint density at radius 1 is 1.50 bits per heavy atom. The molecule has 0 radical (unpaired) electrons. The fourth-order valence-corrected chi connectivity index (χ4v) is 1.19. The van der Waals surface area contributed by atoms with Crippen molar-refractivity contribution in [1.29, 1.82) is 0 Å². The first-order valence-corrected chi connectivity index (χ1v) is 4.04. The van der Waals surface area contributed by atoms with Crippen molar-refractivity contribution in [3.8, 4) is 0 Å². The Morgan fingerprint density at radius 3 is 3.00 bits per heavy atom. The van der Waals surface area contributed by atoms with Crippen LogP contribution in [0.3, 0.4) is 0 Å². The highest BCUT2D eigenvalue weighted by Crippen LogP contribution is 2.21. The summed E-state index contributed by atoms with van der Waals surface area (Å²) in [6.07, 6.45) is 0. The zero-order chi connectivity index (χ0) is 8.55. The quantitative estimate of drug-likeness (QED) is 0.543. The lowest BCUT2D eigenvalue weighted by atomic mass is 10.3. The van der Waals surface area contributed by atoms with E-state index in [1.165, 1.54) is 0 Å². The molecule has 0 spiro atoms. The van der Waals surface area contributed by atoms with E-state index in [2.05, 4.69) is 4.98 Å². The summed E-state index contributed by atoms with van der Waals surface area (Å²) in [5.41, 5.74) is 7.62. The van der Waals surface area contributed by atoms with Crippen LogP contribution >= 0.6 is 11.6 Å². The van der Waals surface area contributed by atoms with Crippen molar-refractivity contribution < 1.29 is 4.42 Å². The minimum Gasteiger partial charge on any atom is -0.437 e. The van der Waals surface area contributed by atoms with Gasteiger partial charge in [0.2, 0.25) is 5.89 Å². The molecule has 0 atom stereocenters. The number of benzene rings is 1. The fourth-order valence-electron chi connectivity index (χ4n) is 1.07. The molecule has 0 aliphatic carbocycles. The summed E-state index contributed by atoms with van der Waals surface area (Å²) in [5.74, 6) is 0.776. The molecular weight excluding hydrogens is 176 g/mol. The number of fused-ring (bicyclic) bond motifs is 1. The lowest BCUT2D eigenvalue weighted by Crippen LogP contribution is -1.82. The maximum atomic E-state index is 5.65. The Labute approximate surface area is 74.1 Å². The molecule has 0 unspecified atom stereocenters. The van der Waals surface area contributed by atoms with E-state index < -0.39 is 0 Å². The minimum absolute atomic E-state index is 0.272. The fraction of sp³-hybridized carbons (Fsp3) is 0.125. The van der Waals surface area contributed by atoms with E-state index in [-0.39, 0.29) is 5.88 Å². The lowest BCUT2D eigenvalue weighted by Gasteiger charge is -1.89. The normalized spacial score (nSPS) is 10.8. The number of para-hydroxylation sites is 1. The SMILES string of the molecule is Nc1cccc2nc(CCl)oc12. The van der Waals surface area contributed by atoms with E-state index in [4.69, 9.17) is 21.8 Å². The summed E-state index contributed by atoms with van der Waals surface area (Å²) in [6, 6.07) is 5.44. The Bertz CT molecular complexity index is 410. The van der Waals surface area contributed by atoms with Crippen molar-refractivity contribution >= 4 is 28.4 Å². The van der Waals surface area contributed by atoms with Crippen LogP contribution in [-0.2, 0) is 5.88 Å². The third-order valence-corrected chi connectivity index (χ3v) is 1.83. The third kappa shape index (κ3) is 1.02. The number of hydrogen-bond donors (Lipinski definition) is 1. The topological polar surface area (TPSA) is 52.0 Å². The van der Waals surface area contributed by atoms with Crippen LogP contribution in [-0.4, -0.2) is 4.98 Å². The first kappa shape index (κ1) is 7.43. The van der Waals surface area contributed by atoms with E-state index in [9.17, 15) is 0 Å². The number of nitrogen functional groups attached to an aromatic ring is 1. The molecule has 0 fully saturated rings. The molecule has 0 saturated carbocycles. The molecule has 12 heavy (non-hydrogen) atoms. The first-order valence-electron chi connectivity index (χ1n) is 3.51. The first-order chi connectivity index (χ1) is 5.81. The average Bonchev–Trinajstić information content (AvgIpc) is 2.49. The monoisotopic (exact) mass is 182 g/mol. The number of nitrogens with two attached hydrogens (primary N) is 1. The molecule has 0 saturated heterocycles. The third-order valence-electron chi connectivity index (χ3n) is 1.60. The van der Waals surface area contributed by atoms with Gasteiger partial charge in [0.25, 0.3) is 0 Å². The average molecular weight is 183 g/mol. The van der Waals surface area contributed by atoms with Crippen LogP contribution in [0.4, 0.5) is 5.69 Å². The van der Waals surface area contributed by atoms with Crippen molar-refractivity contribution in [3.05, 3.63) is 24.1 Å². The van der Waals surface area contributed by atoms with Gasteiger partial charge in [0.1, 0.15) is 5.52 Å². The molecule has 1 aromatic carbocycles. The van der Waals surface area contributed by atoms with Crippen LogP contribution in [0.2, 0.25) is 0 Å². The van der Waals surface area contributed by atoms with Gasteiger partial charge in [-0.25, -0.2) is 4.98 Å². The summed E-state index contributed by atoms with van der Waals surface area (Å²) in [5, 5.41) is 0. The smallest absolute Gasteiger partial charge is 0.210 e. The number of halogens is 1. The van der Waals surface area contributed by atoms with Gasteiger partial charge < -0.3 is 10.2 Å². The molecule has 0 aliphatic rings. The van der Waals surface area contributed by atoms with Gasteiger partial charge in [0, 0.05) is 0 Å². The van der Waals surface area contributed by atoms with E-state index in [1.54, 1.807) is 6.07 Å². The number of rotatable bonds is 1. The van der Waals surface area contributed by atoms with Crippen molar-refractivity contribution in [1.82, 2.24) is 4.98 Å². The van der Waals surface area contributed by atoms with Gasteiger partial charge in [0.05, 0.1) is 11.6 Å². The zero-order valence-corrected chi connectivity index (χ0v) is 7.01. The molecule has 0 amide bonds. The highest BCUT2D eigenvalue weighted by molar-refractivity contribution is 6.16. The summed E-state index contributed by atoms with van der Waals surface area (Å²) in [6.45, 7) is 0. The lowest BCUT2D eigenvalue weighted by molar-refractivity contribution is 0.556. The van der Waals surface area contributed by atoms with Crippen LogP contribution in [0.1, 0.15) is 5.89 Å². The van der Waals surface area contributed by atoms with Gasteiger partial charge in [-0.15, -0.1) is 11.6 Å². The van der Waals surface area contributed by atoms with Gasteiger partial charge in [-0.3, -0.25) is 0 Å². The highest BCUT2D eigenvalue weighted by Gasteiger charge is 2.05.